The van der Waals surface area contributed by atoms with Crippen molar-refractivity contribution in [1.82, 2.24) is 0 Å². The Morgan fingerprint density at radius 1 is 0.900 bits per heavy atom. The lowest BCUT2D eigenvalue weighted by Gasteiger charge is -2.29. The molecule has 2 aromatic rings. The van der Waals surface area contributed by atoms with Crippen LogP contribution in [0.15, 0.2) is 54.6 Å². The minimum Gasteiger partial charge on any atom is -0.480 e. The summed E-state index contributed by atoms with van der Waals surface area (Å²) >= 11 is 5.99. The highest BCUT2D eigenvalue weighted by atomic mass is 35.5. The van der Waals surface area contributed by atoms with Crippen LogP contribution in [0.2, 0.25) is 5.02 Å². The standard InChI is InChI=1S/C23H26ClNO5/c24-19-10-12-21(13-11-19)25(20-4-2-1-3-5-20)23(28)30-15-18-8-6-17(7-9-18)14-29-16-22(26)27/h1-5,10-13,17-18H,6-9,14-16H2,(H,26,27)/t17-,18+. The first-order chi connectivity index (χ1) is 14.5. The summed E-state index contributed by atoms with van der Waals surface area (Å²) in [4.78, 5) is 25.0. The van der Waals surface area contributed by atoms with Crippen LogP contribution in [-0.4, -0.2) is 37.0 Å². The molecule has 30 heavy (non-hydrogen) atoms. The van der Waals surface area contributed by atoms with Gasteiger partial charge in [0.15, 0.2) is 0 Å². The Balaban J connectivity index is 1.54. The molecule has 0 heterocycles. The first kappa shape index (κ1) is 22.1. The average Bonchev–Trinajstić information content (AvgIpc) is 2.75. The fourth-order valence-electron chi connectivity index (χ4n) is 3.66. The summed E-state index contributed by atoms with van der Waals surface area (Å²) in [7, 11) is 0. The van der Waals surface area contributed by atoms with Gasteiger partial charge < -0.3 is 14.6 Å². The highest BCUT2D eigenvalue weighted by Crippen LogP contribution is 2.31. The molecule has 0 aromatic heterocycles. The van der Waals surface area contributed by atoms with Crippen LogP contribution in [0, 0.1) is 11.8 Å². The number of anilines is 2. The van der Waals surface area contributed by atoms with Gasteiger partial charge in [0, 0.05) is 5.02 Å². The fourth-order valence-corrected chi connectivity index (χ4v) is 3.78. The SMILES string of the molecule is O=C(O)COC[C@H]1CC[C@@H](COC(=O)N(c2ccccc2)c2ccc(Cl)cc2)CC1. The molecule has 0 atom stereocenters. The Morgan fingerprint density at radius 2 is 1.47 bits per heavy atom. The van der Waals surface area contributed by atoms with Gasteiger partial charge >= 0.3 is 12.1 Å². The van der Waals surface area contributed by atoms with Crippen molar-refractivity contribution in [1.29, 1.82) is 0 Å². The van der Waals surface area contributed by atoms with Crippen molar-refractivity contribution in [3.63, 3.8) is 0 Å². The highest BCUT2D eigenvalue weighted by molar-refractivity contribution is 6.30. The lowest BCUT2D eigenvalue weighted by molar-refractivity contribution is -0.142. The van der Waals surface area contributed by atoms with E-state index in [1.54, 1.807) is 29.2 Å². The van der Waals surface area contributed by atoms with E-state index in [2.05, 4.69) is 0 Å². The number of nitrogens with zero attached hydrogens (tertiary/aromatic N) is 1. The van der Waals surface area contributed by atoms with Crippen LogP contribution in [0.5, 0.6) is 0 Å². The zero-order chi connectivity index (χ0) is 21.3. The number of carboxylic acid groups (broad SMARTS) is 1. The van der Waals surface area contributed by atoms with Crippen LogP contribution < -0.4 is 4.90 Å². The van der Waals surface area contributed by atoms with Gasteiger partial charge in [0.2, 0.25) is 0 Å². The number of hydrogen-bond donors (Lipinski definition) is 1. The molecule has 1 N–H and O–H groups in total. The summed E-state index contributed by atoms with van der Waals surface area (Å²) < 4.78 is 10.9. The molecule has 0 saturated heterocycles. The molecule has 160 valence electrons. The van der Waals surface area contributed by atoms with E-state index in [-0.39, 0.29) is 6.61 Å². The Morgan fingerprint density at radius 3 is 2.07 bits per heavy atom. The molecule has 1 aliphatic rings. The quantitative estimate of drug-likeness (QED) is 0.595. The normalized spacial score (nSPS) is 18.6. The molecule has 1 amide bonds. The van der Waals surface area contributed by atoms with Crippen LogP contribution in [0.3, 0.4) is 0 Å². The average molecular weight is 432 g/mol. The van der Waals surface area contributed by atoms with E-state index in [9.17, 15) is 9.59 Å². The summed E-state index contributed by atoms with van der Waals surface area (Å²) in [6, 6.07) is 16.4. The number of carbonyl (C=O) groups is 2. The van der Waals surface area contributed by atoms with Crippen LogP contribution in [0.1, 0.15) is 25.7 Å². The van der Waals surface area contributed by atoms with Crippen molar-refractivity contribution in [3.05, 3.63) is 59.6 Å². The number of para-hydroxylation sites is 1. The molecular formula is C23H26ClNO5. The second-order valence-corrected chi connectivity index (χ2v) is 7.96. The van der Waals surface area contributed by atoms with E-state index < -0.39 is 12.1 Å². The fraction of sp³-hybridized carbons (Fsp3) is 0.391. The van der Waals surface area contributed by atoms with Gasteiger partial charge in [0.05, 0.1) is 24.6 Å². The zero-order valence-electron chi connectivity index (χ0n) is 16.7. The third-order valence-corrected chi connectivity index (χ3v) is 5.52. The zero-order valence-corrected chi connectivity index (χ0v) is 17.5. The van der Waals surface area contributed by atoms with Crippen molar-refractivity contribution in [3.8, 4) is 0 Å². The Bertz CT molecular complexity index is 819. The van der Waals surface area contributed by atoms with Crippen molar-refractivity contribution < 1.29 is 24.2 Å². The Hall–Kier alpha value is -2.57. The van der Waals surface area contributed by atoms with E-state index in [0.29, 0.717) is 35.8 Å². The maximum Gasteiger partial charge on any atom is 0.418 e. The molecule has 1 fully saturated rings. The molecular weight excluding hydrogens is 406 g/mol. The molecule has 0 unspecified atom stereocenters. The van der Waals surface area contributed by atoms with E-state index in [4.69, 9.17) is 26.2 Å². The van der Waals surface area contributed by atoms with Gasteiger partial charge in [0.1, 0.15) is 6.61 Å². The van der Waals surface area contributed by atoms with Gasteiger partial charge in [0.25, 0.3) is 0 Å². The molecule has 2 aromatic carbocycles. The first-order valence-corrected chi connectivity index (χ1v) is 10.5. The summed E-state index contributed by atoms with van der Waals surface area (Å²) in [6.45, 7) is 0.577. The Kier molecular flexibility index (Phi) is 8.11. The largest absolute Gasteiger partial charge is 0.480 e. The van der Waals surface area contributed by atoms with Gasteiger partial charge in [-0.2, -0.15) is 0 Å². The van der Waals surface area contributed by atoms with Gasteiger partial charge in [-0.1, -0.05) is 29.8 Å². The molecule has 0 radical (unpaired) electrons. The molecule has 1 aliphatic carbocycles. The molecule has 0 aliphatic heterocycles. The third-order valence-electron chi connectivity index (χ3n) is 5.27. The number of carbonyl (C=O) groups excluding carboxylic acids is 1. The predicted octanol–water partition coefficient (Wildman–Crippen LogP) is 5.52. The van der Waals surface area contributed by atoms with Crippen LogP contribution >= 0.6 is 11.6 Å². The Labute approximate surface area is 181 Å². The number of aliphatic carboxylic acids is 1. The summed E-state index contributed by atoms with van der Waals surface area (Å²) in [5, 5.41) is 9.25. The van der Waals surface area contributed by atoms with Crippen molar-refractivity contribution >= 4 is 35.0 Å². The van der Waals surface area contributed by atoms with Crippen molar-refractivity contribution in [2.24, 2.45) is 11.8 Å². The van der Waals surface area contributed by atoms with Crippen molar-refractivity contribution in [2.45, 2.75) is 25.7 Å². The number of ether oxygens (including phenoxy) is 2. The molecule has 6 nitrogen and oxygen atoms in total. The highest BCUT2D eigenvalue weighted by Gasteiger charge is 2.25. The van der Waals surface area contributed by atoms with Crippen LogP contribution in [0.25, 0.3) is 0 Å². The van der Waals surface area contributed by atoms with E-state index in [0.717, 1.165) is 31.4 Å². The van der Waals surface area contributed by atoms with Crippen LogP contribution in [0.4, 0.5) is 16.2 Å². The summed E-state index contributed by atoms with van der Waals surface area (Å²) in [5.41, 5.74) is 1.42. The number of hydrogen-bond acceptors (Lipinski definition) is 4. The minimum atomic E-state index is -0.945. The molecule has 7 heteroatoms. The number of amides is 1. The predicted molar refractivity (Wildman–Crippen MR) is 115 cm³/mol. The molecule has 1 saturated carbocycles. The van der Waals surface area contributed by atoms with Gasteiger partial charge in [-0.3, -0.25) is 0 Å². The maximum atomic E-state index is 12.9. The number of rotatable bonds is 8. The second-order valence-electron chi connectivity index (χ2n) is 7.52. The topological polar surface area (TPSA) is 76.1 Å². The first-order valence-electron chi connectivity index (χ1n) is 10.1. The molecule has 3 rings (SSSR count). The van der Waals surface area contributed by atoms with Gasteiger partial charge in [-0.15, -0.1) is 0 Å². The van der Waals surface area contributed by atoms with E-state index in [1.165, 1.54) is 0 Å². The number of carboxylic acids is 1. The van der Waals surface area contributed by atoms with Crippen molar-refractivity contribution in [2.75, 3.05) is 24.7 Å². The van der Waals surface area contributed by atoms with E-state index in [1.807, 2.05) is 30.3 Å². The smallest absolute Gasteiger partial charge is 0.418 e. The monoisotopic (exact) mass is 431 g/mol. The lowest BCUT2D eigenvalue weighted by atomic mass is 9.83. The number of halogens is 1. The minimum absolute atomic E-state index is 0.252. The number of benzene rings is 2. The summed E-state index contributed by atoms with van der Waals surface area (Å²) in [5.74, 6) is -0.280. The second kappa shape index (κ2) is 11.0. The maximum absolute atomic E-state index is 12.9. The molecule has 0 spiro atoms. The summed E-state index contributed by atoms with van der Waals surface area (Å²) in [6.07, 6.45) is 3.33. The van der Waals surface area contributed by atoms with Gasteiger partial charge in [-0.05, 0) is 73.9 Å². The van der Waals surface area contributed by atoms with Crippen LogP contribution in [-0.2, 0) is 14.3 Å². The van der Waals surface area contributed by atoms with Gasteiger partial charge in [-0.25, -0.2) is 14.5 Å². The van der Waals surface area contributed by atoms with E-state index >= 15 is 0 Å². The molecule has 0 bridgehead atoms. The third kappa shape index (κ3) is 6.47. The lowest BCUT2D eigenvalue weighted by Crippen LogP contribution is -2.30.